The van der Waals surface area contributed by atoms with Gasteiger partial charge in [0.05, 0.1) is 5.69 Å². The van der Waals surface area contributed by atoms with Crippen LogP contribution in [0, 0.1) is 0 Å². The van der Waals surface area contributed by atoms with E-state index in [1.54, 1.807) is 0 Å². The van der Waals surface area contributed by atoms with Gasteiger partial charge in [-0.25, -0.2) is 0 Å². The number of nitrogen functional groups attached to an aromatic ring is 1. The molecule has 98 valence electrons. The Kier molecular flexibility index (Phi) is 3.35. The molecule has 0 aliphatic heterocycles. The van der Waals surface area contributed by atoms with Gasteiger partial charge in [0.1, 0.15) is 5.69 Å². The van der Waals surface area contributed by atoms with Crippen LogP contribution in [0.1, 0.15) is 0 Å². The molecule has 0 amide bonds. The molecule has 0 saturated carbocycles. The number of aromatic nitrogens is 2. The first-order chi connectivity index (χ1) is 9.77. The predicted octanol–water partition coefficient (Wildman–Crippen LogP) is 4.05. The van der Waals surface area contributed by atoms with Crippen LogP contribution in [-0.2, 0) is 0 Å². The van der Waals surface area contributed by atoms with Crippen molar-refractivity contribution in [2.24, 2.45) is 0 Å². The van der Waals surface area contributed by atoms with Crippen LogP contribution in [0.3, 0.4) is 0 Å². The highest BCUT2D eigenvalue weighted by Gasteiger charge is 2.15. The summed E-state index contributed by atoms with van der Waals surface area (Å²) in [6.45, 7) is 0. The number of nitrogens with two attached hydrogens (primary N) is 1. The zero-order valence-corrected chi connectivity index (χ0v) is 11.4. The lowest BCUT2D eigenvalue weighted by atomic mass is 9.99. The summed E-state index contributed by atoms with van der Waals surface area (Å²) < 4.78 is 0. The first kappa shape index (κ1) is 12.6. The molecule has 0 aliphatic carbocycles. The molecule has 2 N–H and O–H groups in total. The second kappa shape index (κ2) is 5.31. The van der Waals surface area contributed by atoms with Crippen LogP contribution in [-0.4, -0.2) is 10.2 Å². The predicted molar refractivity (Wildman–Crippen MR) is 82.3 cm³/mol. The van der Waals surface area contributed by atoms with E-state index >= 15 is 0 Å². The number of hydrogen-bond acceptors (Lipinski definition) is 3. The Morgan fingerprint density at radius 2 is 1.30 bits per heavy atom. The molecule has 3 nitrogen and oxygen atoms in total. The molecule has 20 heavy (non-hydrogen) atoms. The number of benzene rings is 2. The molecule has 1 aromatic heterocycles. The Hall–Kier alpha value is -2.39. The van der Waals surface area contributed by atoms with E-state index in [0.29, 0.717) is 5.69 Å². The molecule has 0 aliphatic rings. The smallest absolute Gasteiger partial charge is 0.175 e. The fraction of sp³-hybridized carbons (Fsp3) is 0. The van der Waals surface area contributed by atoms with Crippen molar-refractivity contribution in [1.29, 1.82) is 0 Å². The minimum absolute atomic E-state index is 0.225. The lowest BCUT2D eigenvalue weighted by Crippen LogP contribution is -2.00. The molecule has 0 fully saturated rings. The summed E-state index contributed by atoms with van der Waals surface area (Å²) in [5.74, 6) is 0. The van der Waals surface area contributed by atoms with E-state index in [-0.39, 0.29) is 5.15 Å². The first-order valence-corrected chi connectivity index (χ1v) is 6.57. The highest BCUT2D eigenvalue weighted by atomic mass is 35.5. The van der Waals surface area contributed by atoms with E-state index in [4.69, 9.17) is 17.3 Å². The quantitative estimate of drug-likeness (QED) is 0.771. The minimum atomic E-state index is 0.225. The number of nitrogens with zero attached hydrogens (tertiary/aromatic N) is 2. The van der Waals surface area contributed by atoms with Crippen LogP contribution in [0.5, 0.6) is 0 Å². The molecule has 0 bridgehead atoms. The molecule has 0 radical (unpaired) electrons. The van der Waals surface area contributed by atoms with E-state index in [9.17, 15) is 0 Å². The van der Waals surface area contributed by atoms with Crippen molar-refractivity contribution in [2.75, 3.05) is 5.73 Å². The fourth-order valence-corrected chi connectivity index (χ4v) is 2.26. The van der Waals surface area contributed by atoms with Crippen LogP contribution in [0.4, 0.5) is 5.69 Å². The van der Waals surface area contributed by atoms with Crippen LogP contribution in [0.2, 0.25) is 5.15 Å². The third-order valence-corrected chi connectivity index (χ3v) is 3.36. The molecular weight excluding hydrogens is 270 g/mol. The number of rotatable bonds is 2. The zero-order chi connectivity index (χ0) is 13.9. The summed E-state index contributed by atoms with van der Waals surface area (Å²) >= 11 is 6.02. The molecule has 0 saturated heterocycles. The van der Waals surface area contributed by atoms with Crippen molar-refractivity contribution in [3.63, 3.8) is 0 Å². The summed E-state index contributed by atoms with van der Waals surface area (Å²) in [4.78, 5) is 0. The van der Waals surface area contributed by atoms with Crippen molar-refractivity contribution in [1.82, 2.24) is 10.2 Å². The Bertz CT molecular complexity index is 727. The second-order valence-corrected chi connectivity index (χ2v) is 4.72. The third-order valence-electron chi connectivity index (χ3n) is 3.08. The summed E-state index contributed by atoms with van der Waals surface area (Å²) in [7, 11) is 0. The summed E-state index contributed by atoms with van der Waals surface area (Å²) in [5, 5.41) is 8.38. The fourth-order valence-electron chi connectivity index (χ4n) is 2.12. The van der Waals surface area contributed by atoms with Crippen molar-refractivity contribution >= 4 is 17.3 Å². The van der Waals surface area contributed by atoms with Gasteiger partial charge in [-0.1, -0.05) is 72.3 Å². The summed E-state index contributed by atoms with van der Waals surface area (Å²) in [5.41, 5.74) is 10.1. The molecule has 2 aromatic carbocycles. The monoisotopic (exact) mass is 281 g/mol. The molecule has 0 atom stereocenters. The van der Waals surface area contributed by atoms with Gasteiger partial charge in [0.15, 0.2) is 5.15 Å². The SMILES string of the molecule is Nc1c(Cl)nnc(-c2ccccc2)c1-c1ccccc1. The van der Waals surface area contributed by atoms with Gasteiger partial charge in [-0.2, -0.15) is 0 Å². The Labute approximate surface area is 122 Å². The maximum absolute atomic E-state index is 6.12. The minimum Gasteiger partial charge on any atom is -0.396 e. The van der Waals surface area contributed by atoms with E-state index in [1.807, 2.05) is 60.7 Å². The second-order valence-electron chi connectivity index (χ2n) is 4.36. The maximum Gasteiger partial charge on any atom is 0.175 e. The van der Waals surface area contributed by atoms with Gasteiger partial charge in [-0.05, 0) is 5.56 Å². The molecule has 0 spiro atoms. The van der Waals surface area contributed by atoms with Gasteiger partial charge in [0, 0.05) is 11.1 Å². The lowest BCUT2D eigenvalue weighted by molar-refractivity contribution is 1.04. The normalized spacial score (nSPS) is 10.4. The Morgan fingerprint density at radius 1 is 0.750 bits per heavy atom. The van der Waals surface area contributed by atoms with Gasteiger partial charge < -0.3 is 5.73 Å². The average molecular weight is 282 g/mol. The van der Waals surface area contributed by atoms with Crippen molar-refractivity contribution < 1.29 is 0 Å². The van der Waals surface area contributed by atoms with Crippen molar-refractivity contribution in [3.8, 4) is 22.4 Å². The number of halogens is 1. The van der Waals surface area contributed by atoms with Crippen molar-refractivity contribution in [2.45, 2.75) is 0 Å². The van der Waals surface area contributed by atoms with Gasteiger partial charge in [-0.3, -0.25) is 0 Å². The van der Waals surface area contributed by atoms with Crippen LogP contribution < -0.4 is 5.73 Å². The molecule has 4 heteroatoms. The van der Waals surface area contributed by atoms with E-state index < -0.39 is 0 Å². The van der Waals surface area contributed by atoms with E-state index in [0.717, 1.165) is 22.4 Å². The molecule has 1 heterocycles. The average Bonchev–Trinajstić information content (AvgIpc) is 2.51. The lowest BCUT2D eigenvalue weighted by Gasteiger charge is -2.12. The maximum atomic E-state index is 6.12. The molecule has 0 unspecified atom stereocenters. The van der Waals surface area contributed by atoms with Gasteiger partial charge in [-0.15, -0.1) is 10.2 Å². The standard InChI is InChI=1S/C16H12ClN3/c17-16-14(18)13(11-7-3-1-4-8-11)15(19-20-16)12-9-5-2-6-10-12/h1-10H,(H2,18,19). The summed E-state index contributed by atoms with van der Waals surface area (Å²) in [6.07, 6.45) is 0. The van der Waals surface area contributed by atoms with Crippen LogP contribution in [0.15, 0.2) is 60.7 Å². The molecule has 3 aromatic rings. The van der Waals surface area contributed by atoms with E-state index in [2.05, 4.69) is 10.2 Å². The topological polar surface area (TPSA) is 51.8 Å². The van der Waals surface area contributed by atoms with Gasteiger partial charge >= 0.3 is 0 Å². The highest BCUT2D eigenvalue weighted by molar-refractivity contribution is 6.32. The van der Waals surface area contributed by atoms with Crippen LogP contribution >= 0.6 is 11.6 Å². The number of anilines is 1. The third kappa shape index (κ3) is 2.24. The summed E-state index contributed by atoms with van der Waals surface area (Å²) in [6, 6.07) is 19.7. The van der Waals surface area contributed by atoms with Crippen molar-refractivity contribution in [3.05, 3.63) is 65.8 Å². The van der Waals surface area contributed by atoms with Crippen LogP contribution in [0.25, 0.3) is 22.4 Å². The highest BCUT2D eigenvalue weighted by Crippen LogP contribution is 2.37. The molecule has 3 rings (SSSR count). The Morgan fingerprint density at radius 3 is 1.90 bits per heavy atom. The number of hydrogen-bond donors (Lipinski definition) is 1. The zero-order valence-electron chi connectivity index (χ0n) is 10.6. The van der Waals surface area contributed by atoms with Gasteiger partial charge in [0.2, 0.25) is 0 Å². The first-order valence-electron chi connectivity index (χ1n) is 6.20. The Balaban J connectivity index is 2.29. The van der Waals surface area contributed by atoms with Gasteiger partial charge in [0.25, 0.3) is 0 Å². The van der Waals surface area contributed by atoms with E-state index in [1.165, 1.54) is 0 Å². The molecular formula is C16H12ClN3. The largest absolute Gasteiger partial charge is 0.396 e.